The molecule has 0 saturated heterocycles. The van der Waals surface area contributed by atoms with Crippen molar-refractivity contribution in [2.75, 3.05) is 13.1 Å². The molecule has 0 aliphatic heterocycles. The van der Waals surface area contributed by atoms with Crippen LogP contribution in [0.1, 0.15) is 60.7 Å². The minimum absolute atomic E-state index is 0.110. The SMILES string of the molecule is CCN(CC)S(=O)(=O)c1ccc(C(=O)OCc2cc(=O)oc3cc(C)c(C(C)C)cc23)cc1. The molecule has 0 radical (unpaired) electrons. The molecule has 7 nitrogen and oxygen atoms in total. The van der Waals surface area contributed by atoms with E-state index in [0.29, 0.717) is 24.2 Å². The van der Waals surface area contributed by atoms with Gasteiger partial charge >= 0.3 is 11.6 Å². The fraction of sp³-hybridized carbons (Fsp3) is 0.360. The Morgan fingerprint density at radius 2 is 1.70 bits per heavy atom. The van der Waals surface area contributed by atoms with E-state index >= 15 is 0 Å². The molecule has 8 heteroatoms. The smallest absolute Gasteiger partial charge is 0.338 e. The monoisotopic (exact) mass is 471 g/mol. The van der Waals surface area contributed by atoms with Crippen LogP contribution in [0.3, 0.4) is 0 Å². The first-order valence-electron chi connectivity index (χ1n) is 10.9. The second kappa shape index (κ2) is 9.89. The van der Waals surface area contributed by atoms with Crippen molar-refractivity contribution in [3.63, 3.8) is 0 Å². The van der Waals surface area contributed by atoms with Crippen molar-refractivity contribution < 1.29 is 22.4 Å². The Labute approximate surface area is 194 Å². The molecule has 0 saturated carbocycles. The molecule has 0 atom stereocenters. The van der Waals surface area contributed by atoms with Gasteiger partial charge in [-0.15, -0.1) is 0 Å². The Bertz CT molecular complexity index is 1320. The number of sulfonamides is 1. The molecule has 0 amide bonds. The van der Waals surface area contributed by atoms with Crippen molar-refractivity contribution in [1.82, 2.24) is 4.31 Å². The van der Waals surface area contributed by atoms with Crippen LogP contribution in [0.5, 0.6) is 0 Å². The molecule has 0 unspecified atom stereocenters. The number of aryl methyl sites for hydroxylation is 1. The van der Waals surface area contributed by atoms with E-state index in [0.717, 1.165) is 16.5 Å². The van der Waals surface area contributed by atoms with Gasteiger partial charge in [-0.1, -0.05) is 27.7 Å². The molecule has 0 aliphatic rings. The fourth-order valence-corrected chi connectivity index (χ4v) is 5.29. The molecule has 33 heavy (non-hydrogen) atoms. The summed E-state index contributed by atoms with van der Waals surface area (Å²) in [5, 5.41) is 0.720. The van der Waals surface area contributed by atoms with Gasteiger partial charge in [0.15, 0.2) is 0 Å². The molecule has 3 aromatic rings. The molecule has 0 fully saturated rings. The first-order valence-corrected chi connectivity index (χ1v) is 12.4. The minimum Gasteiger partial charge on any atom is -0.457 e. The highest BCUT2D eigenvalue weighted by atomic mass is 32.2. The highest BCUT2D eigenvalue weighted by Gasteiger charge is 2.22. The zero-order valence-electron chi connectivity index (χ0n) is 19.5. The zero-order chi connectivity index (χ0) is 24.3. The Kier molecular flexibility index (Phi) is 7.39. The van der Waals surface area contributed by atoms with Crippen molar-refractivity contribution in [3.8, 4) is 0 Å². The van der Waals surface area contributed by atoms with Crippen molar-refractivity contribution in [3.05, 3.63) is 75.1 Å². The predicted molar refractivity (Wildman–Crippen MR) is 127 cm³/mol. The van der Waals surface area contributed by atoms with Crippen LogP contribution in [-0.2, 0) is 21.4 Å². The third-order valence-corrected chi connectivity index (χ3v) is 7.69. The Morgan fingerprint density at radius 3 is 2.27 bits per heavy atom. The Balaban J connectivity index is 1.84. The van der Waals surface area contributed by atoms with Crippen LogP contribution in [0, 0.1) is 6.92 Å². The van der Waals surface area contributed by atoms with Crippen LogP contribution in [0.15, 0.2) is 56.6 Å². The topological polar surface area (TPSA) is 93.9 Å². The van der Waals surface area contributed by atoms with Crippen LogP contribution in [-0.4, -0.2) is 31.8 Å². The molecular weight excluding hydrogens is 442 g/mol. The van der Waals surface area contributed by atoms with Gasteiger partial charge in [0, 0.05) is 30.1 Å². The summed E-state index contributed by atoms with van der Waals surface area (Å²) >= 11 is 0. The van der Waals surface area contributed by atoms with E-state index in [1.54, 1.807) is 13.8 Å². The lowest BCUT2D eigenvalue weighted by Crippen LogP contribution is -2.30. The van der Waals surface area contributed by atoms with E-state index in [4.69, 9.17) is 9.15 Å². The summed E-state index contributed by atoms with van der Waals surface area (Å²) in [6.07, 6.45) is 0. The minimum atomic E-state index is -3.61. The lowest BCUT2D eigenvalue weighted by Gasteiger charge is -2.18. The molecule has 0 bridgehead atoms. The van der Waals surface area contributed by atoms with Crippen LogP contribution in [0.2, 0.25) is 0 Å². The van der Waals surface area contributed by atoms with Gasteiger partial charge < -0.3 is 9.15 Å². The van der Waals surface area contributed by atoms with E-state index in [2.05, 4.69) is 13.8 Å². The van der Waals surface area contributed by atoms with E-state index in [1.807, 2.05) is 19.1 Å². The second-order valence-electron chi connectivity index (χ2n) is 8.14. The summed E-state index contributed by atoms with van der Waals surface area (Å²) in [6, 6.07) is 10.8. The maximum atomic E-state index is 12.6. The summed E-state index contributed by atoms with van der Waals surface area (Å²) in [4.78, 5) is 24.7. The highest BCUT2D eigenvalue weighted by Crippen LogP contribution is 2.27. The van der Waals surface area contributed by atoms with E-state index in [9.17, 15) is 18.0 Å². The van der Waals surface area contributed by atoms with Gasteiger partial charge in [0.1, 0.15) is 12.2 Å². The number of benzene rings is 2. The number of rotatable bonds is 8. The van der Waals surface area contributed by atoms with Gasteiger partial charge in [-0.25, -0.2) is 18.0 Å². The highest BCUT2D eigenvalue weighted by molar-refractivity contribution is 7.89. The Hall–Kier alpha value is -2.97. The average molecular weight is 472 g/mol. The fourth-order valence-electron chi connectivity index (χ4n) is 3.84. The molecule has 176 valence electrons. The van der Waals surface area contributed by atoms with E-state index < -0.39 is 21.6 Å². The largest absolute Gasteiger partial charge is 0.457 e. The quantitative estimate of drug-likeness (QED) is 0.352. The number of nitrogens with zero attached hydrogens (tertiary/aromatic N) is 1. The van der Waals surface area contributed by atoms with Crippen LogP contribution in [0.25, 0.3) is 11.0 Å². The zero-order valence-corrected chi connectivity index (χ0v) is 20.4. The summed E-state index contributed by atoms with van der Waals surface area (Å²) in [5.74, 6) is -0.331. The van der Waals surface area contributed by atoms with Gasteiger partial charge in [0.25, 0.3) is 0 Å². The Morgan fingerprint density at radius 1 is 1.06 bits per heavy atom. The summed E-state index contributed by atoms with van der Waals surface area (Å²) in [6.45, 7) is 10.3. The van der Waals surface area contributed by atoms with Crippen LogP contribution < -0.4 is 5.63 Å². The number of ether oxygens (including phenoxy) is 1. The first-order chi connectivity index (χ1) is 15.6. The summed E-state index contributed by atoms with van der Waals surface area (Å²) in [5.41, 5.74) is 2.85. The third-order valence-electron chi connectivity index (χ3n) is 5.63. The first kappa shape index (κ1) is 24.7. The number of hydrogen-bond acceptors (Lipinski definition) is 6. The standard InChI is InChI=1S/C25H29NO6S/c1-6-26(7-2)33(29,30)20-10-8-18(9-11-20)25(28)31-15-19-13-24(27)32-23-12-17(5)21(16(3)4)14-22(19)23/h8-14,16H,6-7,15H2,1-5H3. The van der Waals surface area contributed by atoms with Crippen molar-refractivity contribution in [2.45, 2.75) is 52.0 Å². The summed E-state index contributed by atoms with van der Waals surface area (Å²) < 4.78 is 37.4. The third kappa shape index (κ3) is 5.17. The second-order valence-corrected chi connectivity index (χ2v) is 10.1. The van der Waals surface area contributed by atoms with E-state index in [1.165, 1.54) is 34.6 Å². The van der Waals surface area contributed by atoms with Crippen LogP contribution >= 0.6 is 0 Å². The molecule has 3 rings (SSSR count). The maximum Gasteiger partial charge on any atom is 0.338 e. The molecule has 0 aliphatic carbocycles. The maximum absolute atomic E-state index is 12.6. The molecular formula is C25H29NO6S. The number of fused-ring (bicyclic) bond motifs is 1. The van der Waals surface area contributed by atoms with Crippen molar-refractivity contribution in [1.29, 1.82) is 0 Å². The molecule has 1 heterocycles. The normalized spacial score (nSPS) is 12.0. The van der Waals surface area contributed by atoms with Gasteiger partial charge in [-0.2, -0.15) is 4.31 Å². The number of carbonyl (C=O) groups is 1. The molecule has 0 N–H and O–H groups in total. The molecule has 2 aromatic carbocycles. The van der Waals surface area contributed by atoms with Gasteiger partial charge in [-0.3, -0.25) is 0 Å². The molecule has 1 aromatic heterocycles. The average Bonchev–Trinajstić information content (AvgIpc) is 2.77. The number of carbonyl (C=O) groups excluding carboxylic acids is 1. The lowest BCUT2D eigenvalue weighted by molar-refractivity contribution is 0.0473. The van der Waals surface area contributed by atoms with Gasteiger partial charge in [0.2, 0.25) is 10.0 Å². The summed E-state index contributed by atoms with van der Waals surface area (Å²) in [7, 11) is -3.61. The van der Waals surface area contributed by atoms with Gasteiger partial charge in [0.05, 0.1) is 10.5 Å². The predicted octanol–water partition coefficient (Wildman–Crippen LogP) is 4.61. The van der Waals surface area contributed by atoms with Crippen LogP contribution in [0.4, 0.5) is 0 Å². The van der Waals surface area contributed by atoms with Crippen molar-refractivity contribution in [2.24, 2.45) is 0 Å². The van der Waals surface area contributed by atoms with Crippen molar-refractivity contribution >= 4 is 27.0 Å². The van der Waals surface area contributed by atoms with E-state index in [-0.39, 0.29) is 23.0 Å². The lowest BCUT2D eigenvalue weighted by atomic mass is 9.95. The number of hydrogen-bond donors (Lipinski definition) is 0. The molecule has 0 spiro atoms. The number of esters is 1. The van der Waals surface area contributed by atoms with Gasteiger partial charge in [-0.05, 0) is 60.4 Å².